The lowest BCUT2D eigenvalue weighted by Crippen LogP contribution is -2.04. The van der Waals surface area contributed by atoms with E-state index in [0.717, 1.165) is 0 Å². The molecule has 0 amide bonds. The van der Waals surface area contributed by atoms with Crippen molar-refractivity contribution in [2.45, 2.75) is 0 Å². The van der Waals surface area contributed by atoms with Gasteiger partial charge in [0.15, 0.2) is 0 Å². The SMILES string of the molecule is C=CCOC(=O)c1ccccc1.C=CCOC(=O)c1ccccc1. The van der Waals surface area contributed by atoms with Crippen LogP contribution in [0.3, 0.4) is 0 Å². The van der Waals surface area contributed by atoms with Gasteiger partial charge in [0.2, 0.25) is 0 Å². The molecule has 0 spiro atoms. The van der Waals surface area contributed by atoms with E-state index in [-0.39, 0.29) is 25.2 Å². The maximum absolute atomic E-state index is 11.1. The first-order chi connectivity index (χ1) is 11.7. The highest BCUT2D eigenvalue weighted by Gasteiger charge is 2.03. The Bertz CT molecular complexity index is 588. The van der Waals surface area contributed by atoms with Gasteiger partial charge in [-0.05, 0) is 24.3 Å². The fourth-order valence-corrected chi connectivity index (χ4v) is 1.58. The van der Waals surface area contributed by atoms with Gasteiger partial charge in [-0.25, -0.2) is 9.59 Å². The van der Waals surface area contributed by atoms with Gasteiger partial charge in [-0.1, -0.05) is 61.7 Å². The number of rotatable bonds is 6. The second-order valence-electron chi connectivity index (χ2n) is 4.51. The molecule has 0 N–H and O–H groups in total. The number of hydrogen-bond acceptors (Lipinski definition) is 4. The normalized spacial score (nSPS) is 9.00. The summed E-state index contributed by atoms with van der Waals surface area (Å²) in [7, 11) is 0. The minimum absolute atomic E-state index is 0.258. The molecule has 124 valence electrons. The summed E-state index contributed by atoms with van der Waals surface area (Å²) in [4.78, 5) is 22.3. The van der Waals surface area contributed by atoms with Gasteiger partial charge in [0.25, 0.3) is 0 Å². The van der Waals surface area contributed by atoms with Crippen LogP contribution >= 0.6 is 0 Å². The maximum atomic E-state index is 11.1. The van der Waals surface area contributed by atoms with Crippen LogP contribution in [0.4, 0.5) is 0 Å². The van der Waals surface area contributed by atoms with Crippen molar-refractivity contribution in [3.63, 3.8) is 0 Å². The summed E-state index contributed by atoms with van der Waals surface area (Å²) in [5.41, 5.74) is 1.14. The van der Waals surface area contributed by atoms with Crippen LogP contribution in [0.1, 0.15) is 20.7 Å². The Hall–Kier alpha value is -3.14. The van der Waals surface area contributed by atoms with E-state index in [1.165, 1.54) is 0 Å². The zero-order valence-corrected chi connectivity index (χ0v) is 13.4. The fourth-order valence-electron chi connectivity index (χ4n) is 1.58. The Kier molecular flexibility index (Phi) is 9.01. The standard InChI is InChI=1S/2C10H10O2/c2*1-2-8-12-10(11)9-6-4-3-5-7-9/h2*2-7H,1,8H2. The number of hydrogen-bond donors (Lipinski definition) is 0. The molecule has 0 bridgehead atoms. The van der Waals surface area contributed by atoms with Crippen molar-refractivity contribution in [3.8, 4) is 0 Å². The average molecular weight is 324 g/mol. The summed E-state index contributed by atoms with van der Waals surface area (Å²) in [6.45, 7) is 7.41. The molecular formula is C20H20O4. The van der Waals surface area contributed by atoms with E-state index in [1.807, 2.05) is 12.1 Å². The summed E-state index contributed by atoms with van der Waals surface area (Å²) in [5, 5.41) is 0. The third-order valence-corrected chi connectivity index (χ3v) is 2.68. The monoisotopic (exact) mass is 324 g/mol. The molecule has 0 unspecified atom stereocenters. The molecule has 0 radical (unpaired) electrons. The average Bonchev–Trinajstić information content (AvgIpc) is 2.66. The van der Waals surface area contributed by atoms with Gasteiger partial charge in [0.1, 0.15) is 13.2 Å². The van der Waals surface area contributed by atoms with Gasteiger partial charge in [-0.3, -0.25) is 0 Å². The largest absolute Gasteiger partial charge is 0.458 e. The van der Waals surface area contributed by atoms with Crippen molar-refractivity contribution in [2.75, 3.05) is 13.2 Å². The minimum atomic E-state index is -0.310. The lowest BCUT2D eigenvalue weighted by molar-refractivity contribution is 0.0540. The van der Waals surface area contributed by atoms with E-state index in [1.54, 1.807) is 60.7 Å². The van der Waals surface area contributed by atoms with E-state index in [4.69, 9.17) is 9.47 Å². The second kappa shape index (κ2) is 11.4. The Balaban J connectivity index is 0.000000240. The van der Waals surface area contributed by atoms with Gasteiger partial charge in [-0.2, -0.15) is 0 Å². The third-order valence-electron chi connectivity index (χ3n) is 2.68. The van der Waals surface area contributed by atoms with Crippen LogP contribution in [-0.2, 0) is 9.47 Å². The molecule has 0 heterocycles. The summed E-state index contributed by atoms with van der Waals surface area (Å²) in [6.07, 6.45) is 3.08. The Morgan fingerprint density at radius 2 is 1.04 bits per heavy atom. The Labute approximate surface area is 142 Å². The topological polar surface area (TPSA) is 52.6 Å². The Morgan fingerprint density at radius 3 is 1.33 bits per heavy atom. The van der Waals surface area contributed by atoms with Gasteiger partial charge in [-0.15, -0.1) is 0 Å². The summed E-state index contributed by atoms with van der Waals surface area (Å²) in [5.74, 6) is -0.619. The molecular weight excluding hydrogens is 304 g/mol. The van der Waals surface area contributed by atoms with Crippen LogP contribution in [0.25, 0.3) is 0 Å². The van der Waals surface area contributed by atoms with Crippen molar-refractivity contribution in [1.82, 2.24) is 0 Å². The van der Waals surface area contributed by atoms with Crippen molar-refractivity contribution in [1.29, 1.82) is 0 Å². The van der Waals surface area contributed by atoms with E-state index in [0.29, 0.717) is 11.1 Å². The highest BCUT2D eigenvalue weighted by molar-refractivity contribution is 5.89. The molecule has 0 fully saturated rings. The van der Waals surface area contributed by atoms with Crippen LogP contribution in [0.15, 0.2) is 86.0 Å². The van der Waals surface area contributed by atoms with E-state index < -0.39 is 0 Å². The number of ether oxygens (including phenoxy) is 2. The molecule has 2 aromatic rings. The quantitative estimate of drug-likeness (QED) is 0.594. The lowest BCUT2D eigenvalue weighted by Gasteiger charge is -1.99. The lowest BCUT2D eigenvalue weighted by atomic mass is 10.2. The molecule has 0 saturated heterocycles. The van der Waals surface area contributed by atoms with Gasteiger partial charge in [0.05, 0.1) is 11.1 Å². The van der Waals surface area contributed by atoms with E-state index in [9.17, 15) is 9.59 Å². The number of carbonyl (C=O) groups excluding carboxylic acids is 2. The van der Waals surface area contributed by atoms with Crippen molar-refractivity contribution in [3.05, 3.63) is 97.1 Å². The zero-order valence-electron chi connectivity index (χ0n) is 13.4. The van der Waals surface area contributed by atoms with E-state index in [2.05, 4.69) is 13.2 Å². The fraction of sp³-hybridized carbons (Fsp3) is 0.100. The first-order valence-electron chi connectivity index (χ1n) is 7.35. The predicted octanol–water partition coefficient (Wildman–Crippen LogP) is 4.06. The van der Waals surface area contributed by atoms with Gasteiger partial charge < -0.3 is 9.47 Å². The molecule has 0 atom stereocenters. The molecule has 4 heteroatoms. The summed E-state index contributed by atoms with van der Waals surface area (Å²) < 4.78 is 9.64. The third kappa shape index (κ3) is 7.22. The van der Waals surface area contributed by atoms with Crippen LogP contribution in [0.2, 0.25) is 0 Å². The molecule has 24 heavy (non-hydrogen) atoms. The van der Waals surface area contributed by atoms with Crippen LogP contribution in [-0.4, -0.2) is 25.2 Å². The van der Waals surface area contributed by atoms with Crippen molar-refractivity contribution in [2.24, 2.45) is 0 Å². The maximum Gasteiger partial charge on any atom is 0.338 e. The van der Waals surface area contributed by atoms with Crippen LogP contribution in [0.5, 0.6) is 0 Å². The minimum Gasteiger partial charge on any atom is -0.458 e. The molecule has 2 rings (SSSR count). The number of esters is 2. The van der Waals surface area contributed by atoms with Crippen molar-refractivity contribution >= 4 is 11.9 Å². The van der Waals surface area contributed by atoms with Gasteiger partial charge in [0, 0.05) is 0 Å². The Morgan fingerprint density at radius 1 is 0.708 bits per heavy atom. The first-order valence-corrected chi connectivity index (χ1v) is 7.35. The molecule has 0 saturated carbocycles. The molecule has 0 aliphatic rings. The molecule has 0 aliphatic heterocycles. The first kappa shape index (κ1) is 18.9. The van der Waals surface area contributed by atoms with Gasteiger partial charge >= 0.3 is 11.9 Å². The van der Waals surface area contributed by atoms with Crippen molar-refractivity contribution < 1.29 is 19.1 Å². The number of benzene rings is 2. The highest BCUT2D eigenvalue weighted by Crippen LogP contribution is 2.01. The summed E-state index contributed by atoms with van der Waals surface area (Å²) >= 11 is 0. The zero-order chi connectivity index (χ0) is 17.6. The molecule has 4 nitrogen and oxygen atoms in total. The summed E-state index contributed by atoms with van der Waals surface area (Å²) in [6, 6.07) is 17.7. The van der Waals surface area contributed by atoms with E-state index >= 15 is 0 Å². The smallest absolute Gasteiger partial charge is 0.338 e. The highest BCUT2D eigenvalue weighted by atomic mass is 16.5. The molecule has 0 aliphatic carbocycles. The van der Waals surface area contributed by atoms with Crippen LogP contribution < -0.4 is 0 Å². The molecule has 2 aromatic carbocycles. The molecule has 0 aromatic heterocycles. The number of carbonyl (C=O) groups is 2. The second-order valence-corrected chi connectivity index (χ2v) is 4.51. The van der Waals surface area contributed by atoms with Crippen LogP contribution in [0, 0.1) is 0 Å². The predicted molar refractivity (Wildman–Crippen MR) is 93.8 cm³/mol.